The molecule has 6 heteroatoms. The van der Waals surface area contributed by atoms with E-state index < -0.39 is 13.4 Å². The highest BCUT2D eigenvalue weighted by Gasteiger charge is 2.39. The van der Waals surface area contributed by atoms with E-state index in [-0.39, 0.29) is 10.8 Å². The smallest absolute Gasteiger partial charge is 0.351 e. The summed E-state index contributed by atoms with van der Waals surface area (Å²) in [5, 5.41) is 3.56. The third kappa shape index (κ3) is 7.92. The first kappa shape index (κ1) is 29.6. The van der Waals surface area contributed by atoms with Crippen LogP contribution in [0.5, 0.6) is 5.75 Å². The van der Waals surface area contributed by atoms with Crippen molar-refractivity contribution in [2.24, 2.45) is 0 Å². The van der Waals surface area contributed by atoms with Crippen molar-refractivity contribution in [3.63, 3.8) is 0 Å². The lowest BCUT2D eigenvalue weighted by Gasteiger charge is -2.33. The molecule has 0 aromatic heterocycles. The molecule has 0 aliphatic heterocycles. The number of nitrogens with one attached hydrogen (secondary N) is 1. The Morgan fingerprint density at radius 3 is 1.83 bits per heavy atom. The first-order chi connectivity index (χ1) is 16.4. The number of ether oxygens (including phenoxy) is 1. The summed E-state index contributed by atoms with van der Waals surface area (Å²) in [7, 11) is -1.76. The molecule has 0 saturated carbocycles. The van der Waals surface area contributed by atoms with E-state index in [4.69, 9.17) is 13.8 Å². The average Bonchev–Trinajstić information content (AvgIpc) is 2.78. The first-order valence-electron chi connectivity index (χ1n) is 12.8. The highest BCUT2D eigenvalue weighted by atomic mass is 31.2. The van der Waals surface area contributed by atoms with Crippen LogP contribution in [0.3, 0.4) is 0 Å². The molecule has 2 rings (SSSR count). The highest BCUT2D eigenvalue weighted by molar-refractivity contribution is 7.54. The zero-order chi connectivity index (χ0) is 26.3. The third-order valence-corrected chi connectivity index (χ3v) is 8.35. The molecular weight excluding hydrogens is 457 g/mol. The molecule has 1 atom stereocenters. The molecule has 0 fully saturated rings. The van der Waals surface area contributed by atoms with Gasteiger partial charge in [-0.25, -0.2) is 0 Å². The van der Waals surface area contributed by atoms with Gasteiger partial charge in [-0.2, -0.15) is 0 Å². The molecule has 1 N–H and O–H groups in total. The number of benzene rings is 2. The van der Waals surface area contributed by atoms with Crippen LogP contribution in [0.25, 0.3) is 0 Å². The number of hydrogen-bond acceptors (Lipinski definition) is 5. The van der Waals surface area contributed by atoms with Crippen molar-refractivity contribution in [1.82, 2.24) is 5.32 Å². The standard InChI is InChI=1S/C29H46NO4P/c1-10-33-35(31,34-11-2)27(30-19-15-18-22-16-13-12-14-17-22)23-20-24(28(3,4)5)26(32-9)25(21-23)29(6,7)8/h12-14,16-17,20-21,27,30H,10-11,15,18-19H2,1-9H3. The van der Waals surface area contributed by atoms with Gasteiger partial charge in [0.05, 0.1) is 20.3 Å². The van der Waals surface area contributed by atoms with E-state index in [1.807, 2.05) is 19.9 Å². The number of hydrogen-bond donors (Lipinski definition) is 1. The Hall–Kier alpha value is -1.65. The minimum atomic E-state index is -3.48. The molecule has 0 heterocycles. The second-order valence-electron chi connectivity index (χ2n) is 11.0. The van der Waals surface area contributed by atoms with Crippen molar-refractivity contribution >= 4 is 7.60 Å². The minimum Gasteiger partial charge on any atom is -0.496 e. The summed E-state index contributed by atoms with van der Waals surface area (Å²) in [5.41, 5.74) is 4.03. The maximum Gasteiger partial charge on any atom is 0.351 e. The van der Waals surface area contributed by atoms with Gasteiger partial charge in [0, 0.05) is 11.1 Å². The average molecular weight is 504 g/mol. The van der Waals surface area contributed by atoms with Crippen molar-refractivity contribution in [2.75, 3.05) is 26.9 Å². The molecule has 35 heavy (non-hydrogen) atoms. The normalized spacial score (nSPS) is 13.6. The van der Waals surface area contributed by atoms with Gasteiger partial charge in [-0.3, -0.25) is 9.88 Å². The predicted molar refractivity (Wildman–Crippen MR) is 147 cm³/mol. The molecular formula is C29H46NO4P. The molecule has 196 valence electrons. The second kappa shape index (κ2) is 12.5. The fourth-order valence-electron chi connectivity index (χ4n) is 4.28. The van der Waals surface area contributed by atoms with E-state index in [0.29, 0.717) is 19.8 Å². The Balaban J connectivity index is 2.55. The molecule has 0 spiro atoms. The van der Waals surface area contributed by atoms with Crippen molar-refractivity contribution in [3.8, 4) is 5.75 Å². The molecule has 0 amide bonds. The summed E-state index contributed by atoms with van der Waals surface area (Å²) in [6.07, 6.45) is 1.85. The minimum absolute atomic E-state index is 0.166. The van der Waals surface area contributed by atoms with Gasteiger partial charge in [0.1, 0.15) is 11.5 Å². The summed E-state index contributed by atoms with van der Waals surface area (Å²) < 4.78 is 31.8. The van der Waals surface area contributed by atoms with Crippen LogP contribution in [0.15, 0.2) is 42.5 Å². The Kier molecular flexibility index (Phi) is 10.6. The molecule has 5 nitrogen and oxygen atoms in total. The van der Waals surface area contributed by atoms with Gasteiger partial charge in [0.2, 0.25) is 0 Å². The van der Waals surface area contributed by atoms with Gasteiger partial charge >= 0.3 is 7.60 Å². The second-order valence-corrected chi connectivity index (χ2v) is 13.1. The molecule has 0 aliphatic rings. The Bertz CT molecular complexity index is 931. The SMILES string of the molecule is CCOP(=O)(OCC)C(NCCCc1ccccc1)c1cc(C(C)(C)C)c(OC)c(C(C)(C)C)c1. The van der Waals surface area contributed by atoms with E-state index in [1.165, 1.54) is 5.56 Å². The van der Waals surface area contributed by atoms with E-state index in [1.54, 1.807) is 7.11 Å². The summed E-state index contributed by atoms with van der Waals surface area (Å²) in [6, 6.07) is 14.7. The van der Waals surface area contributed by atoms with Crippen LogP contribution in [0.2, 0.25) is 0 Å². The summed E-state index contributed by atoms with van der Waals surface area (Å²) in [5.74, 6) is 0.311. The van der Waals surface area contributed by atoms with Crippen LogP contribution in [-0.2, 0) is 30.9 Å². The van der Waals surface area contributed by atoms with Gasteiger partial charge < -0.3 is 13.8 Å². The fraction of sp³-hybridized carbons (Fsp3) is 0.586. The maximum absolute atomic E-state index is 14.1. The Morgan fingerprint density at radius 2 is 1.40 bits per heavy atom. The summed E-state index contributed by atoms with van der Waals surface area (Å²) >= 11 is 0. The van der Waals surface area contributed by atoms with Gasteiger partial charge in [-0.15, -0.1) is 0 Å². The van der Waals surface area contributed by atoms with E-state index in [2.05, 4.69) is 83.3 Å². The van der Waals surface area contributed by atoms with Crippen LogP contribution in [-0.4, -0.2) is 26.9 Å². The lowest BCUT2D eigenvalue weighted by atomic mass is 9.78. The first-order valence-corrected chi connectivity index (χ1v) is 14.4. The molecule has 1 unspecified atom stereocenters. The Labute approximate surface area is 213 Å². The van der Waals surface area contributed by atoms with Gasteiger partial charge in [-0.05, 0) is 67.3 Å². The van der Waals surface area contributed by atoms with Gasteiger partial charge in [0.25, 0.3) is 0 Å². The van der Waals surface area contributed by atoms with Crippen LogP contribution in [0.1, 0.15) is 89.8 Å². The van der Waals surface area contributed by atoms with Gasteiger partial charge in [0.15, 0.2) is 0 Å². The molecule has 0 saturated heterocycles. The van der Waals surface area contributed by atoms with Crippen LogP contribution in [0, 0.1) is 0 Å². The van der Waals surface area contributed by atoms with Crippen molar-refractivity contribution < 1.29 is 18.3 Å². The van der Waals surface area contributed by atoms with Crippen molar-refractivity contribution in [1.29, 1.82) is 0 Å². The quantitative estimate of drug-likeness (QED) is 0.237. The predicted octanol–water partition coefficient (Wildman–Crippen LogP) is 7.78. The number of aryl methyl sites for hydroxylation is 1. The lowest BCUT2D eigenvalue weighted by molar-refractivity contribution is 0.207. The molecule has 2 aromatic carbocycles. The van der Waals surface area contributed by atoms with Crippen molar-refractivity contribution in [2.45, 2.75) is 84.8 Å². The Morgan fingerprint density at radius 1 is 0.886 bits per heavy atom. The zero-order valence-electron chi connectivity index (χ0n) is 23.2. The van der Waals surface area contributed by atoms with Crippen molar-refractivity contribution in [3.05, 3.63) is 64.7 Å². The largest absolute Gasteiger partial charge is 0.496 e. The lowest BCUT2D eigenvalue weighted by Crippen LogP contribution is -2.27. The van der Waals surface area contributed by atoms with E-state index >= 15 is 0 Å². The topological polar surface area (TPSA) is 56.8 Å². The van der Waals surface area contributed by atoms with Crippen LogP contribution in [0.4, 0.5) is 0 Å². The van der Waals surface area contributed by atoms with Gasteiger partial charge in [-0.1, -0.05) is 71.9 Å². The molecule has 2 aromatic rings. The maximum atomic E-state index is 14.1. The highest BCUT2D eigenvalue weighted by Crippen LogP contribution is 2.60. The molecule has 0 bridgehead atoms. The third-order valence-electron chi connectivity index (χ3n) is 6.00. The summed E-state index contributed by atoms with van der Waals surface area (Å²) in [6.45, 7) is 18.1. The number of methoxy groups -OCH3 is 1. The number of rotatable bonds is 12. The molecule has 0 aliphatic carbocycles. The fourth-order valence-corrected chi connectivity index (χ4v) is 6.24. The zero-order valence-corrected chi connectivity index (χ0v) is 24.1. The molecule has 0 radical (unpaired) electrons. The van der Waals surface area contributed by atoms with E-state index in [0.717, 1.165) is 35.3 Å². The van der Waals surface area contributed by atoms with Crippen LogP contribution < -0.4 is 10.1 Å². The summed E-state index contributed by atoms with van der Waals surface area (Å²) in [4.78, 5) is 0. The van der Waals surface area contributed by atoms with E-state index in [9.17, 15) is 4.57 Å². The van der Waals surface area contributed by atoms with Crippen LogP contribution >= 0.6 is 7.60 Å². The monoisotopic (exact) mass is 503 g/mol.